The lowest BCUT2D eigenvalue weighted by atomic mass is 9.84. The zero-order valence-corrected chi connectivity index (χ0v) is 10.0. The third-order valence-corrected chi connectivity index (χ3v) is 3.53. The first-order valence-corrected chi connectivity index (χ1v) is 6.22. The van der Waals surface area contributed by atoms with Crippen molar-refractivity contribution in [3.63, 3.8) is 0 Å². The summed E-state index contributed by atoms with van der Waals surface area (Å²) in [7, 11) is 0. The van der Waals surface area contributed by atoms with Crippen LogP contribution < -0.4 is 5.32 Å². The first-order valence-electron chi connectivity index (χ1n) is 6.22. The molecule has 0 aromatic heterocycles. The Kier molecular flexibility index (Phi) is 5.22. The molecule has 1 fully saturated rings. The summed E-state index contributed by atoms with van der Waals surface area (Å²) in [6.07, 6.45) is 4.80. The van der Waals surface area contributed by atoms with Crippen molar-refractivity contribution < 1.29 is 15.0 Å². The first kappa shape index (κ1) is 13.5. The SMILES string of the molecule is CCC(O)(CCCO)CNC(=O)C1CCC1. The van der Waals surface area contributed by atoms with Gasteiger partial charge in [-0.1, -0.05) is 13.3 Å². The Bertz CT molecular complexity index is 228. The summed E-state index contributed by atoms with van der Waals surface area (Å²) in [5, 5.41) is 21.7. The van der Waals surface area contributed by atoms with E-state index in [0.29, 0.717) is 25.8 Å². The van der Waals surface area contributed by atoms with E-state index in [1.165, 1.54) is 0 Å². The smallest absolute Gasteiger partial charge is 0.223 e. The van der Waals surface area contributed by atoms with Crippen LogP contribution in [0.4, 0.5) is 0 Å². The molecule has 0 saturated heterocycles. The molecule has 0 bridgehead atoms. The second kappa shape index (κ2) is 6.21. The van der Waals surface area contributed by atoms with E-state index in [0.717, 1.165) is 19.3 Å². The maximum absolute atomic E-state index is 11.6. The number of carbonyl (C=O) groups excluding carboxylic acids is 1. The molecular formula is C12H23NO3. The van der Waals surface area contributed by atoms with E-state index in [9.17, 15) is 9.90 Å². The van der Waals surface area contributed by atoms with Crippen LogP contribution in [-0.4, -0.2) is 34.9 Å². The van der Waals surface area contributed by atoms with E-state index in [4.69, 9.17) is 5.11 Å². The van der Waals surface area contributed by atoms with Crippen molar-refractivity contribution in [3.8, 4) is 0 Å². The molecule has 1 rings (SSSR count). The average molecular weight is 229 g/mol. The van der Waals surface area contributed by atoms with Crippen LogP contribution in [0.3, 0.4) is 0 Å². The van der Waals surface area contributed by atoms with Gasteiger partial charge in [-0.2, -0.15) is 0 Å². The molecule has 0 aromatic carbocycles. The van der Waals surface area contributed by atoms with Crippen LogP contribution >= 0.6 is 0 Å². The highest BCUT2D eigenvalue weighted by Crippen LogP contribution is 2.26. The number of amides is 1. The summed E-state index contributed by atoms with van der Waals surface area (Å²) in [6.45, 7) is 2.28. The van der Waals surface area contributed by atoms with E-state index in [-0.39, 0.29) is 18.4 Å². The monoisotopic (exact) mass is 229 g/mol. The van der Waals surface area contributed by atoms with Crippen molar-refractivity contribution >= 4 is 5.91 Å². The molecule has 1 saturated carbocycles. The van der Waals surface area contributed by atoms with Crippen LogP contribution in [0.15, 0.2) is 0 Å². The van der Waals surface area contributed by atoms with Gasteiger partial charge in [0.25, 0.3) is 0 Å². The van der Waals surface area contributed by atoms with Crippen LogP contribution in [0.5, 0.6) is 0 Å². The van der Waals surface area contributed by atoms with Crippen molar-refractivity contribution in [2.24, 2.45) is 5.92 Å². The number of aliphatic hydroxyl groups is 2. The van der Waals surface area contributed by atoms with Crippen molar-refractivity contribution in [1.29, 1.82) is 0 Å². The summed E-state index contributed by atoms with van der Waals surface area (Å²) < 4.78 is 0. The van der Waals surface area contributed by atoms with Crippen LogP contribution in [0.25, 0.3) is 0 Å². The lowest BCUT2D eigenvalue weighted by molar-refractivity contribution is -0.128. The van der Waals surface area contributed by atoms with E-state index >= 15 is 0 Å². The number of hydrogen-bond donors (Lipinski definition) is 3. The standard InChI is InChI=1S/C12H23NO3/c1-2-12(16,7-4-8-14)9-13-11(15)10-5-3-6-10/h10,14,16H,2-9H2,1H3,(H,13,15). The summed E-state index contributed by atoms with van der Waals surface area (Å²) >= 11 is 0. The van der Waals surface area contributed by atoms with Gasteiger partial charge in [0, 0.05) is 19.1 Å². The molecule has 94 valence electrons. The van der Waals surface area contributed by atoms with E-state index in [2.05, 4.69) is 5.32 Å². The molecule has 4 nitrogen and oxygen atoms in total. The fourth-order valence-corrected chi connectivity index (χ4v) is 1.86. The predicted octanol–water partition coefficient (Wildman–Crippen LogP) is 0.816. The highest BCUT2D eigenvalue weighted by molar-refractivity contribution is 5.79. The molecule has 1 amide bonds. The van der Waals surface area contributed by atoms with Gasteiger partial charge in [0.05, 0.1) is 5.60 Å². The maximum Gasteiger partial charge on any atom is 0.223 e. The molecule has 0 radical (unpaired) electrons. The molecule has 1 atom stereocenters. The maximum atomic E-state index is 11.6. The second-order valence-electron chi connectivity index (χ2n) is 4.75. The van der Waals surface area contributed by atoms with Gasteiger partial charge in [-0.3, -0.25) is 4.79 Å². The number of rotatable bonds is 7. The minimum atomic E-state index is -0.859. The minimum Gasteiger partial charge on any atom is -0.396 e. The lowest BCUT2D eigenvalue weighted by Gasteiger charge is -2.30. The lowest BCUT2D eigenvalue weighted by Crippen LogP contribution is -2.45. The fraction of sp³-hybridized carbons (Fsp3) is 0.917. The zero-order chi connectivity index (χ0) is 12.0. The predicted molar refractivity (Wildman–Crippen MR) is 61.9 cm³/mol. The Morgan fingerprint density at radius 2 is 2.19 bits per heavy atom. The third-order valence-electron chi connectivity index (χ3n) is 3.53. The molecule has 16 heavy (non-hydrogen) atoms. The summed E-state index contributed by atoms with van der Waals surface area (Å²) in [6, 6.07) is 0. The molecule has 1 aliphatic carbocycles. The Hall–Kier alpha value is -0.610. The molecule has 1 unspecified atom stereocenters. The molecule has 3 N–H and O–H groups in total. The van der Waals surface area contributed by atoms with Crippen molar-refractivity contribution in [2.45, 2.75) is 51.0 Å². The molecule has 0 aliphatic heterocycles. The first-order chi connectivity index (χ1) is 7.61. The highest BCUT2D eigenvalue weighted by atomic mass is 16.3. The topological polar surface area (TPSA) is 69.6 Å². The van der Waals surface area contributed by atoms with Gasteiger partial charge < -0.3 is 15.5 Å². The quantitative estimate of drug-likeness (QED) is 0.605. The third kappa shape index (κ3) is 3.76. The summed E-state index contributed by atoms with van der Waals surface area (Å²) in [5.41, 5.74) is -0.859. The molecule has 0 aromatic rings. The molecular weight excluding hydrogens is 206 g/mol. The van der Waals surface area contributed by atoms with Gasteiger partial charge in [-0.15, -0.1) is 0 Å². The van der Waals surface area contributed by atoms with E-state index < -0.39 is 5.60 Å². The minimum absolute atomic E-state index is 0.0714. The van der Waals surface area contributed by atoms with Gasteiger partial charge in [-0.25, -0.2) is 0 Å². The average Bonchev–Trinajstić information content (AvgIpc) is 2.21. The van der Waals surface area contributed by atoms with Gasteiger partial charge in [0.2, 0.25) is 5.91 Å². The van der Waals surface area contributed by atoms with Crippen molar-refractivity contribution in [3.05, 3.63) is 0 Å². The van der Waals surface area contributed by atoms with Gasteiger partial charge >= 0.3 is 0 Å². The Morgan fingerprint density at radius 3 is 2.62 bits per heavy atom. The van der Waals surface area contributed by atoms with Crippen LogP contribution in [0.1, 0.15) is 45.4 Å². The van der Waals surface area contributed by atoms with Gasteiger partial charge in [0.15, 0.2) is 0 Å². The number of hydrogen-bond acceptors (Lipinski definition) is 3. The van der Waals surface area contributed by atoms with E-state index in [1.807, 2.05) is 6.92 Å². The Labute approximate surface area is 97.0 Å². The Morgan fingerprint density at radius 1 is 1.50 bits per heavy atom. The molecule has 4 heteroatoms. The van der Waals surface area contributed by atoms with Crippen LogP contribution in [0, 0.1) is 5.92 Å². The number of carbonyl (C=O) groups is 1. The van der Waals surface area contributed by atoms with Crippen LogP contribution in [-0.2, 0) is 4.79 Å². The fourth-order valence-electron chi connectivity index (χ4n) is 1.86. The highest BCUT2D eigenvalue weighted by Gasteiger charge is 2.29. The normalized spacial score (nSPS) is 19.9. The largest absolute Gasteiger partial charge is 0.396 e. The molecule has 0 spiro atoms. The second-order valence-corrected chi connectivity index (χ2v) is 4.75. The van der Waals surface area contributed by atoms with Crippen LogP contribution in [0.2, 0.25) is 0 Å². The van der Waals surface area contributed by atoms with Crippen molar-refractivity contribution in [1.82, 2.24) is 5.32 Å². The number of nitrogens with one attached hydrogen (secondary N) is 1. The summed E-state index contributed by atoms with van der Waals surface area (Å²) in [5.74, 6) is 0.237. The molecule has 0 heterocycles. The Balaban J connectivity index is 2.28. The number of aliphatic hydroxyl groups excluding tert-OH is 1. The van der Waals surface area contributed by atoms with Gasteiger partial charge in [0.1, 0.15) is 0 Å². The van der Waals surface area contributed by atoms with E-state index in [1.54, 1.807) is 0 Å². The molecule has 1 aliphatic rings. The van der Waals surface area contributed by atoms with Gasteiger partial charge in [-0.05, 0) is 32.1 Å². The summed E-state index contributed by atoms with van der Waals surface area (Å²) in [4.78, 5) is 11.6. The van der Waals surface area contributed by atoms with Crippen molar-refractivity contribution in [2.75, 3.05) is 13.2 Å². The zero-order valence-electron chi connectivity index (χ0n) is 10.0.